The molecule has 0 heterocycles. The fourth-order valence-electron chi connectivity index (χ4n) is 3.59. The Bertz CT molecular complexity index is 906. The van der Waals surface area contributed by atoms with Gasteiger partial charge in [0.15, 0.2) is 0 Å². The number of benzene rings is 3. The SMILES string of the molecule is Cc1ccc2c(C)c(-c3ccccc3)c(COCCOCCOCCO)cc2c1. The van der Waals surface area contributed by atoms with E-state index in [9.17, 15) is 0 Å². The number of hydrogen-bond donors (Lipinski definition) is 1. The molecule has 0 atom stereocenters. The van der Waals surface area contributed by atoms with Crippen molar-refractivity contribution in [2.75, 3.05) is 39.6 Å². The number of aryl methyl sites for hydroxylation is 2. The summed E-state index contributed by atoms with van der Waals surface area (Å²) in [7, 11) is 0. The lowest BCUT2D eigenvalue weighted by atomic mass is 9.90. The number of fused-ring (bicyclic) bond motifs is 1. The fourth-order valence-corrected chi connectivity index (χ4v) is 3.59. The van der Waals surface area contributed by atoms with Gasteiger partial charge in [0, 0.05) is 0 Å². The first-order chi connectivity index (χ1) is 14.2. The van der Waals surface area contributed by atoms with Crippen LogP contribution in [-0.4, -0.2) is 44.7 Å². The van der Waals surface area contributed by atoms with E-state index in [1.54, 1.807) is 0 Å². The Morgan fingerprint density at radius 2 is 1.45 bits per heavy atom. The predicted octanol–water partition coefficient (Wildman–Crippen LogP) is 4.67. The van der Waals surface area contributed by atoms with E-state index in [2.05, 4.69) is 62.4 Å². The molecule has 0 unspecified atom stereocenters. The fraction of sp³-hybridized carbons (Fsp3) is 0.360. The van der Waals surface area contributed by atoms with Gasteiger partial charge in [0.1, 0.15) is 0 Å². The van der Waals surface area contributed by atoms with Crippen molar-refractivity contribution in [3.05, 3.63) is 71.3 Å². The van der Waals surface area contributed by atoms with Crippen LogP contribution in [-0.2, 0) is 20.8 Å². The highest BCUT2D eigenvalue weighted by atomic mass is 16.5. The van der Waals surface area contributed by atoms with Gasteiger partial charge in [0.2, 0.25) is 0 Å². The Labute approximate surface area is 173 Å². The van der Waals surface area contributed by atoms with Crippen LogP contribution in [0.5, 0.6) is 0 Å². The van der Waals surface area contributed by atoms with Crippen molar-refractivity contribution < 1.29 is 19.3 Å². The van der Waals surface area contributed by atoms with Crippen LogP contribution in [0.4, 0.5) is 0 Å². The summed E-state index contributed by atoms with van der Waals surface area (Å²) < 4.78 is 16.6. The standard InChI is InChI=1S/C25H30O4/c1-19-8-9-24-20(2)25(21-6-4-3-5-7-21)23(17-22(24)16-19)18-29-15-14-28-13-12-27-11-10-26/h3-9,16-17,26H,10-15,18H2,1-2H3. The quantitative estimate of drug-likeness (QED) is 0.480. The third-order valence-corrected chi connectivity index (χ3v) is 4.94. The number of rotatable bonds is 11. The maximum absolute atomic E-state index is 8.67. The lowest BCUT2D eigenvalue weighted by Crippen LogP contribution is -2.11. The summed E-state index contributed by atoms with van der Waals surface area (Å²) in [5, 5.41) is 11.2. The molecule has 4 nitrogen and oxygen atoms in total. The Morgan fingerprint density at radius 3 is 2.17 bits per heavy atom. The van der Waals surface area contributed by atoms with E-state index in [0.717, 1.165) is 0 Å². The van der Waals surface area contributed by atoms with Crippen LogP contribution < -0.4 is 0 Å². The minimum Gasteiger partial charge on any atom is -0.394 e. The van der Waals surface area contributed by atoms with Gasteiger partial charge in [-0.15, -0.1) is 0 Å². The van der Waals surface area contributed by atoms with Crippen molar-refractivity contribution >= 4 is 10.8 Å². The second-order valence-electron chi connectivity index (χ2n) is 7.13. The summed E-state index contributed by atoms with van der Waals surface area (Å²) in [5.74, 6) is 0. The van der Waals surface area contributed by atoms with Gasteiger partial charge in [0.05, 0.1) is 46.2 Å². The largest absolute Gasteiger partial charge is 0.394 e. The summed E-state index contributed by atoms with van der Waals surface area (Å²) in [6.45, 7) is 7.29. The van der Waals surface area contributed by atoms with E-state index in [1.165, 1.54) is 38.6 Å². The van der Waals surface area contributed by atoms with Gasteiger partial charge in [-0.1, -0.05) is 54.1 Å². The van der Waals surface area contributed by atoms with Gasteiger partial charge in [-0.05, 0) is 52.9 Å². The average molecular weight is 395 g/mol. The first-order valence-electron chi connectivity index (χ1n) is 10.1. The maximum Gasteiger partial charge on any atom is 0.0724 e. The van der Waals surface area contributed by atoms with E-state index in [1.807, 2.05) is 6.07 Å². The monoisotopic (exact) mass is 394 g/mol. The van der Waals surface area contributed by atoms with Crippen LogP contribution in [0, 0.1) is 13.8 Å². The molecule has 3 aromatic rings. The van der Waals surface area contributed by atoms with E-state index >= 15 is 0 Å². The van der Waals surface area contributed by atoms with Crippen LogP contribution in [0.15, 0.2) is 54.6 Å². The molecule has 0 saturated carbocycles. The van der Waals surface area contributed by atoms with Crippen molar-refractivity contribution in [2.45, 2.75) is 20.5 Å². The van der Waals surface area contributed by atoms with Gasteiger partial charge >= 0.3 is 0 Å². The smallest absolute Gasteiger partial charge is 0.0724 e. The molecule has 0 fully saturated rings. The molecule has 0 aromatic heterocycles. The zero-order valence-electron chi connectivity index (χ0n) is 17.3. The second-order valence-corrected chi connectivity index (χ2v) is 7.13. The molecule has 4 heteroatoms. The third kappa shape index (κ3) is 5.87. The number of aliphatic hydroxyl groups is 1. The zero-order chi connectivity index (χ0) is 20.5. The Hall–Kier alpha value is -2.24. The molecular weight excluding hydrogens is 364 g/mol. The molecule has 1 N–H and O–H groups in total. The summed E-state index contributed by atoms with van der Waals surface area (Å²) in [6, 6.07) is 19.4. The summed E-state index contributed by atoms with van der Waals surface area (Å²) >= 11 is 0. The molecule has 0 amide bonds. The molecule has 0 aliphatic heterocycles. The number of ether oxygens (including phenoxy) is 3. The van der Waals surface area contributed by atoms with E-state index in [-0.39, 0.29) is 6.61 Å². The highest BCUT2D eigenvalue weighted by Crippen LogP contribution is 2.34. The van der Waals surface area contributed by atoms with Crippen molar-refractivity contribution in [1.82, 2.24) is 0 Å². The average Bonchev–Trinajstić information content (AvgIpc) is 2.73. The Morgan fingerprint density at radius 1 is 0.759 bits per heavy atom. The van der Waals surface area contributed by atoms with Crippen LogP contribution >= 0.6 is 0 Å². The zero-order valence-corrected chi connectivity index (χ0v) is 17.3. The van der Waals surface area contributed by atoms with Gasteiger partial charge in [-0.25, -0.2) is 0 Å². The molecule has 0 bridgehead atoms. The molecule has 0 aliphatic carbocycles. The highest BCUT2D eigenvalue weighted by molar-refractivity contribution is 5.93. The maximum atomic E-state index is 8.67. The normalized spacial score (nSPS) is 11.3. The first-order valence-corrected chi connectivity index (χ1v) is 10.1. The van der Waals surface area contributed by atoms with Crippen molar-refractivity contribution in [3.8, 4) is 11.1 Å². The summed E-state index contributed by atoms with van der Waals surface area (Å²) in [5.41, 5.74) is 6.19. The molecule has 154 valence electrons. The minimum atomic E-state index is 0.0392. The summed E-state index contributed by atoms with van der Waals surface area (Å²) in [4.78, 5) is 0. The topological polar surface area (TPSA) is 47.9 Å². The van der Waals surface area contributed by atoms with Crippen molar-refractivity contribution in [2.24, 2.45) is 0 Å². The van der Waals surface area contributed by atoms with Gasteiger partial charge in [-0.3, -0.25) is 0 Å². The van der Waals surface area contributed by atoms with Crippen molar-refractivity contribution in [3.63, 3.8) is 0 Å². The Kier molecular flexibility index (Phi) is 8.20. The lowest BCUT2D eigenvalue weighted by molar-refractivity contribution is 0.00457. The van der Waals surface area contributed by atoms with Crippen LogP contribution in [0.25, 0.3) is 21.9 Å². The third-order valence-electron chi connectivity index (χ3n) is 4.94. The number of aliphatic hydroxyl groups excluding tert-OH is 1. The summed E-state index contributed by atoms with van der Waals surface area (Å²) in [6.07, 6.45) is 0. The molecule has 0 saturated heterocycles. The first kappa shape index (κ1) is 21.5. The predicted molar refractivity (Wildman–Crippen MR) is 117 cm³/mol. The number of hydrogen-bond acceptors (Lipinski definition) is 4. The highest BCUT2D eigenvalue weighted by Gasteiger charge is 2.12. The van der Waals surface area contributed by atoms with Gasteiger partial charge < -0.3 is 19.3 Å². The van der Waals surface area contributed by atoms with Crippen LogP contribution in [0.1, 0.15) is 16.7 Å². The van der Waals surface area contributed by atoms with E-state index < -0.39 is 0 Å². The van der Waals surface area contributed by atoms with E-state index in [4.69, 9.17) is 19.3 Å². The molecular formula is C25H30O4. The molecule has 3 aromatic carbocycles. The molecule has 0 aliphatic rings. The van der Waals surface area contributed by atoms with Gasteiger partial charge in [-0.2, -0.15) is 0 Å². The van der Waals surface area contributed by atoms with Gasteiger partial charge in [0.25, 0.3) is 0 Å². The molecule has 3 rings (SSSR count). The lowest BCUT2D eigenvalue weighted by Gasteiger charge is -2.17. The van der Waals surface area contributed by atoms with Crippen molar-refractivity contribution in [1.29, 1.82) is 0 Å². The molecule has 0 radical (unpaired) electrons. The molecule has 29 heavy (non-hydrogen) atoms. The second kappa shape index (κ2) is 11.1. The molecule has 0 spiro atoms. The van der Waals surface area contributed by atoms with Crippen LogP contribution in [0.2, 0.25) is 0 Å². The Balaban J connectivity index is 1.71. The minimum absolute atomic E-state index is 0.0392. The van der Waals surface area contributed by atoms with Crippen LogP contribution in [0.3, 0.4) is 0 Å². The van der Waals surface area contributed by atoms with E-state index in [0.29, 0.717) is 39.6 Å².